The van der Waals surface area contributed by atoms with E-state index < -0.39 is 0 Å². The molecule has 3 N–H and O–H groups in total. The zero-order chi connectivity index (χ0) is 11.4. The van der Waals surface area contributed by atoms with E-state index in [4.69, 9.17) is 17.4 Å². The van der Waals surface area contributed by atoms with Crippen molar-refractivity contribution in [3.05, 3.63) is 34.3 Å². The number of hydrogen-bond acceptors (Lipinski definition) is 2. The summed E-state index contributed by atoms with van der Waals surface area (Å²) in [4.78, 5) is 0. The fourth-order valence-electron chi connectivity index (χ4n) is 1.63. The third-order valence-electron chi connectivity index (χ3n) is 2.95. The van der Waals surface area contributed by atoms with Gasteiger partial charge in [-0.25, -0.2) is 0 Å². The first kappa shape index (κ1) is 12.5. The Hall–Kier alpha value is -0.570. The van der Waals surface area contributed by atoms with Crippen molar-refractivity contribution in [2.45, 2.75) is 33.2 Å². The summed E-state index contributed by atoms with van der Waals surface area (Å²) in [5, 5.41) is 0.802. The van der Waals surface area contributed by atoms with Crippen molar-refractivity contribution < 1.29 is 0 Å². The molecule has 0 saturated carbocycles. The normalized spacial score (nSPS) is 15.0. The number of hydrazine groups is 1. The smallest absolute Gasteiger partial charge is 0.0485 e. The number of halogens is 1. The third kappa shape index (κ3) is 2.94. The lowest BCUT2D eigenvalue weighted by atomic mass is 9.92. The molecule has 2 atom stereocenters. The van der Waals surface area contributed by atoms with Gasteiger partial charge in [0.15, 0.2) is 0 Å². The second kappa shape index (κ2) is 5.50. The van der Waals surface area contributed by atoms with Crippen molar-refractivity contribution in [3.63, 3.8) is 0 Å². The van der Waals surface area contributed by atoms with Crippen LogP contribution in [-0.4, -0.2) is 0 Å². The lowest BCUT2D eigenvalue weighted by Crippen LogP contribution is -2.32. The molecule has 0 radical (unpaired) electrons. The van der Waals surface area contributed by atoms with Crippen molar-refractivity contribution in [1.29, 1.82) is 0 Å². The van der Waals surface area contributed by atoms with Gasteiger partial charge in [-0.3, -0.25) is 11.3 Å². The summed E-state index contributed by atoms with van der Waals surface area (Å²) in [5.74, 6) is 6.07. The molecule has 84 valence electrons. The standard InChI is InChI=1S/C12H19ClN2/c1-4-8(2)12(15-14)10-6-5-9(3)11(13)7-10/h5-8,12,15H,4,14H2,1-3H3. The maximum atomic E-state index is 6.09. The van der Waals surface area contributed by atoms with E-state index in [2.05, 4.69) is 25.3 Å². The van der Waals surface area contributed by atoms with E-state index in [0.717, 1.165) is 22.6 Å². The minimum atomic E-state index is 0.174. The van der Waals surface area contributed by atoms with Crippen molar-refractivity contribution in [2.75, 3.05) is 0 Å². The Kier molecular flexibility index (Phi) is 4.58. The van der Waals surface area contributed by atoms with E-state index in [1.165, 1.54) is 0 Å². The van der Waals surface area contributed by atoms with Crippen LogP contribution in [0.25, 0.3) is 0 Å². The first-order valence-corrected chi connectivity index (χ1v) is 5.70. The van der Waals surface area contributed by atoms with Gasteiger partial charge in [0.1, 0.15) is 0 Å². The first-order valence-electron chi connectivity index (χ1n) is 5.32. The number of benzene rings is 1. The summed E-state index contributed by atoms with van der Waals surface area (Å²) < 4.78 is 0. The van der Waals surface area contributed by atoms with Crippen molar-refractivity contribution in [3.8, 4) is 0 Å². The van der Waals surface area contributed by atoms with Gasteiger partial charge in [0, 0.05) is 11.1 Å². The van der Waals surface area contributed by atoms with Crippen LogP contribution in [0, 0.1) is 12.8 Å². The maximum Gasteiger partial charge on any atom is 0.0485 e. The number of hydrogen-bond donors (Lipinski definition) is 2. The summed E-state index contributed by atoms with van der Waals surface area (Å²) in [5.41, 5.74) is 5.11. The monoisotopic (exact) mass is 226 g/mol. The number of nitrogens with two attached hydrogens (primary N) is 1. The van der Waals surface area contributed by atoms with E-state index in [0.29, 0.717) is 5.92 Å². The molecule has 0 aromatic heterocycles. The van der Waals surface area contributed by atoms with Crippen LogP contribution in [0.4, 0.5) is 0 Å². The topological polar surface area (TPSA) is 38.0 Å². The van der Waals surface area contributed by atoms with Gasteiger partial charge in [-0.15, -0.1) is 0 Å². The predicted molar refractivity (Wildman–Crippen MR) is 65.7 cm³/mol. The number of nitrogens with one attached hydrogen (secondary N) is 1. The molecule has 0 aliphatic heterocycles. The molecule has 1 aromatic rings. The molecule has 0 saturated heterocycles. The van der Waals surface area contributed by atoms with Crippen LogP contribution in [0.1, 0.15) is 37.4 Å². The summed E-state index contributed by atoms with van der Waals surface area (Å²) in [6.07, 6.45) is 1.08. The Balaban J connectivity index is 2.97. The molecule has 0 fully saturated rings. The zero-order valence-electron chi connectivity index (χ0n) is 9.55. The first-order chi connectivity index (χ1) is 7.10. The summed E-state index contributed by atoms with van der Waals surface area (Å²) in [6, 6.07) is 6.28. The Morgan fingerprint density at radius 1 is 1.47 bits per heavy atom. The quantitative estimate of drug-likeness (QED) is 0.611. The van der Waals surface area contributed by atoms with E-state index in [9.17, 15) is 0 Å². The Labute approximate surface area is 96.8 Å². The predicted octanol–water partition coefficient (Wildman–Crippen LogP) is 3.20. The average molecular weight is 227 g/mol. The van der Waals surface area contributed by atoms with Crippen molar-refractivity contribution in [1.82, 2.24) is 5.43 Å². The SMILES string of the molecule is CCC(C)C(NN)c1ccc(C)c(Cl)c1. The second-order valence-electron chi connectivity index (χ2n) is 4.04. The van der Waals surface area contributed by atoms with Gasteiger partial charge in [-0.05, 0) is 30.0 Å². The lowest BCUT2D eigenvalue weighted by molar-refractivity contribution is 0.383. The van der Waals surface area contributed by atoms with Crippen LogP contribution in [-0.2, 0) is 0 Å². The fourth-order valence-corrected chi connectivity index (χ4v) is 1.82. The molecule has 1 rings (SSSR count). The van der Waals surface area contributed by atoms with Gasteiger partial charge >= 0.3 is 0 Å². The van der Waals surface area contributed by atoms with Crippen LogP contribution in [0.5, 0.6) is 0 Å². The average Bonchev–Trinajstić information content (AvgIpc) is 2.24. The minimum Gasteiger partial charge on any atom is -0.271 e. The third-order valence-corrected chi connectivity index (χ3v) is 3.35. The molecule has 0 heterocycles. The van der Waals surface area contributed by atoms with Crippen LogP contribution in [0.15, 0.2) is 18.2 Å². The van der Waals surface area contributed by atoms with Gasteiger partial charge in [0.25, 0.3) is 0 Å². The molecule has 1 aromatic carbocycles. The van der Waals surface area contributed by atoms with Gasteiger partial charge in [0.05, 0.1) is 0 Å². The molecule has 0 bridgehead atoms. The largest absolute Gasteiger partial charge is 0.271 e. The van der Waals surface area contributed by atoms with Gasteiger partial charge < -0.3 is 0 Å². The van der Waals surface area contributed by atoms with E-state index in [-0.39, 0.29) is 6.04 Å². The highest BCUT2D eigenvalue weighted by molar-refractivity contribution is 6.31. The summed E-state index contributed by atoms with van der Waals surface area (Å²) in [6.45, 7) is 6.34. The second-order valence-corrected chi connectivity index (χ2v) is 4.45. The van der Waals surface area contributed by atoms with Crippen LogP contribution in [0.3, 0.4) is 0 Å². The molecule has 0 aliphatic carbocycles. The highest BCUT2D eigenvalue weighted by Crippen LogP contribution is 2.27. The molecule has 2 unspecified atom stereocenters. The lowest BCUT2D eigenvalue weighted by Gasteiger charge is -2.22. The molecular weight excluding hydrogens is 208 g/mol. The van der Waals surface area contributed by atoms with E-state index in [1.807, 2.05) is 19.1 Å². The molecule has 0 amide bonds. The highest BCUT2D eigenvalue weighted by Gasteiger charge is 2.16. The van der Waals surface area contributed by atoms with Gasteiger partial charge in [-0.2, -0.15) is 0 Å². The molecule has 3 heteroatoms. The minimum absolute atomic E-state index is 0.174. The van der Waals surface area contributed by atoms with Crippen molar-refractivity contribution >= 4 is 11.6 Å². The molecule has 0 aliphatic rings. The number of aryl methyl sites for hydroxylation is 1. The van der Waals surface area contributed by atoms with Gasteiger partial charge in [0.2, 0.25) is 0 Å². The molecule has 15 heavy (non-hydrogen) atoms. The molecule has 0 spiro atoms. The Morgan fingerprint density at radius 3 is 2.60 bits per heavy atom. The zero-order valence-corrected chi connectivity index (χ0v) is 10.3. The molecule has 2 nitrogen and oxygen atoms in total. The van der Waals surface area contributed by atoms with Gasteiger partial charge in [-0.1, -0.05) is 44.0 Å². The fraction of sp³-hybridized carbons (Fsp3) is 0.500. The highest BCUT2D eigenvalue weighted by atomic mass is 35.5. The molecular formula is C12H19ClN2. The summed E-state index contributed by atoms with van der Waals surface area (Å²) >= 11 is 6.09. The van der Waals surface area contributed by atoms with Crippen LogP contribution >= 0.6 is 11.6 Å². The maximum absolute atomic E-state index is 6.09. The van der Waals surface area contributed by atoms with E-state index in [1.54, 1.807) is 0 Å². The van der Waals surface area contributed by atoms with Crippen LogP contribution in [0.2, 0.25) is 5.02 Å². The summed E-state index contributed by atoms with van der Waals surface area (Å²) in [7, 11) is 0. The number of rotatable bonds is 4. The van der Waals surface area contributed by atoms with E-state index >= 15 is 0 Å². The van der Waals surface area contributed by atoms with Crippen LogP contribution < -0.4 is 11.3 Å². The van der Waals surface area contributed by atoms with Crippen molar-refractivity contribution in [2.24, 2.45) is 11.8 Å². The Bertz CT molecular complexity index is 325. The Morgan fingerprint density at radius 2 is 2.13 bits per heavy atom.